The highest BCUT2D eigenvalue weighted by atomic mass is 19.1. The molecule has 0 aromatic heterocycles. The van der Waals surface area contributed by atoms with E-state index in [2.05, 4.69) is 10.6 Å². The number of benzene rings is 2. The molecular weight excluding hydrogens is 231 g/mol. The lowest BCUT2D eigenvalue weighted by Gasteiger charge is -2.08. The second-order valence-electron chi connectivity index (χ2n) is 3.77. The van der Waals surface area contributed by atoms with Crippen LogP contribution in [0.1, 0.15) is 5.56 Å². The fourth-order valence-corrected chi connectivity index (χ4v) is 1.51. The van der Waals surface area contributed by atoms with Gasteiger partial charge >= 0.3 is 6.03 Å². The van der Waals surface area contributed by atoms with E-state index in [0.29, 0.717) is 6.54 Å². The molecule has 2 N–H and O–H groups in total. The van der Waals surface area contributed by atoms with Crippen molar-refractivity contribution in [2.75, 3.05) is 5.32 Å². The average Bonchev–Trinajstić information content (AvgIpc) is 2.40. The van der Waals surface area contributed by atoms with Crippen molar-refractivity contribution in [1.82, 2.24) is 5.32 Å². The Labute approximate surface area is 105 Å². The standard InChI is InChI=1S/C14H13FN2O/c15-12-8-4-5-9-13(12)17-14(18)16-10-11-6-2-1-3-7-11/h1-9H,10H2,(H2,16,17,18). The van der Waals surface area contributed by atoms with Crippen LogP contribution in [0.5, 0.6) is 0 Å². The highest BCUT2D eigenvalue weighted by Crippen LogP contribution is 2.11. The molecule has 2 amide bonds. The van der Waals surface area contributed by atoms with Crippen molar-refractivity contribution in [1.29, 1.82) is 0 Å². The smallest absolute Gasteiger partial charge is 0.319 e. The molecule has 0 radical (unpaired) electrons. The Hall–Kier alpha value is -2.36. The van der Waals surface area contributed by atoms with E-state index < -0.39 is 11.8 Å². The number of carbonyl (C=O) groups excluding carboxylic acids is 1. The molecule has 0 aliphatic carbocycles. The van der Waals surface area contributed by atoms with E-state index in [1.165, 1.54) is 12.1 Å². The Morgan fingerprint density at radius 3 is 2.39 bits per heavy atom. The predicted octanol–water partition coefficient (Wildman–Crippen LogP) is 3.15. The molecule has 18 heavy (non-hydrogen) atoms. The van der Waals surface area contributed by atoms with Gasteiger partial charge in [0.05, 0.1) is 5.69 Å². The summed E-state index contributed by atoms with van der Waals surface area (Å²) < 4.78 is 13.3. The topological polar surface area (TPSA) is 41.1 Å². The van der Waals surface area contributed by atoms with Crippen LogP contribution in [0.25, 0.3) is 0 Å². The molecule has 0 saturated carbocycles. The monoisotopic (exact) mass is 244 g/mol. The lowest BCUT2D eigenvalue weighted by molar-refractivity contribution is 0.251. The highest BCUT2D eigenvalue weighted by Gasteiger charge is 2.05. The normalized spacial score (nSPS) is 9.83. The summed E-state index contributed by atoms with van der Waals surface area (Å²) in [5.74, 6) is -0.452. The maximum absolute atomic E-state index is 13.3. The van der Waals surface area contributed by atoms with Gasteiger partial charge in [0.25, 0.3) is 0 Å². The molecule has 92 valence electrons. The second-order valence-corrected chi connectivity index (χ2v) is 3.77. The number of hydrogen-bond donors (Lipinski definition) is 2. The van der Waals surface area contributed by atoms with Crippen molar-refractivity contribution in [2.45, 2.75) is 6.54 Å². The Morgan fingerprint density at radius 2 is 1.67 bits per heavy atom. The summed E-state index contributed by atoms with van der Waals surface area (Å²) in [5, 5.41) is 5.11. The van der Waals surface area contributed by atoms with Crippen molar-refractivity contribution in [3.63, 3.8) is 0 Å². The largest absolute Gasteiger partial charge is 0.334 e. The van der Waals surface area contributed by atoms with Gasteiger partial charge in [0, 0.05) is 6.54 Å². The van der Waals surface area contributed by atoms with Crippen molar-refractivity contribution in [3.8, 4) is 0 Å². The van der Waals surface area contributed by atoms with Gasteiger partial charge in [-0.1, -0.05) is 42.5 Å². The third-order valence-electron chi connectivity index (χ3n) is 2.42. The van der Waals surface area contributed by atoms with Gasteiger partial charge in [-0.25, -0.2) is 9.18 Å². The van der Waals surface area contributed by atoms with Crippen LogP contribution < -0.4 is 10.6 Å². The molecule has 2 aromatic carbocycles. The van der Waals surface area contributed by atoms with Crippen molar-refractivity contribution in [2.24, 2.45) is 0 Å². The van der Waals surface area contributed by atoms with Crippen LogP contribution in [0.15, 0.2) is 54.6 Å². The van der Waals surface area contributed by atoms with Gasteiger partial charge in [-0.3, -0.25) is 0 Å². The van der Waals surface area contributed by atoms with E-state index >= 15 is 0 Å². The summed E-state index contributed by atoms with van der Waals surface area (Å²) in [6.07, 6.45) is 0. The lowest BCUT2D eigenvalue weighted by atomic mass is 10.2. The van der Waals surface area contributed by atoms with Crippen molar-refractivity contribution < 1.29 is 9.18 Å². The van der Waals surface area contributed by atoms with Crippen LogP contribution in [0.3, 0.4) is 0 Å². The quantitative estimate of drug-likeness (QED) is 0.855. The lowest BCUT2D eigenvalue weighted by Crippen LogP contribution is -2.28. The molecular formula is C14H13FN2O. The van der Waals surface area contributed by atoms with Gasteiger partial charge in [-0.05, 0) is 17.7 Å². The Morgan fingerprint density at radius 1 is 1.00 bits per heavy atom. The maximum Gasteiger partial charge on any atom is 0.319 e. The van der Waals surface area contributed by atoms with Crippen molar-refractivity contribution >= 4 is 11.7 Å². The Balaban J connectivity index is 1.88. The van der Waals surface area contributed by atoms with Gasteiger partial charge < -0.3 is 10.6 Å². The number of rotatable bonds is 3. The maximum atomic E-state index is 13.3. The Bertz CT molecular complexity index is 528. The van der Waals surface area contributed by atoms with Gasteiger partial charge in [-0.2, -0.15) is 0 Å². The zero-order chi connectivity index (χ0) is 12.8. The van der Waals surface area contributed by atoms with Gasteiger partial charge in [-0.15, -0.1) is 0 Å². The van der Waals surface area contributed by atoms with E-state index in [1.807, 2.05) is 30.3 Å². The molecule has 0 bridgehead atoms. The number of halogens is 1. The van der Waals surface area contributed by atoms with Crippen molar-refractivity contribution in [3.05, 3.63) is 66.0 Å². The molecule has 2 aromatic rings. The second kappa shape index (κ2) is 5.82. The number of nitrogens with one attached hydrogen (secondary N) is 2. The zero-order valence-electron chi connectivity index (χ0n) is 9.69. The minimum Gasteiger partial charge on any atom is -0.334 e. The van der Waals surface area contributed by atoms with E-state index in [0.717, 1.165) is 5.56 Å². The highest BCUT2D eigenvalue weighted by molar-refractivity contribution is 5.89. The number of para-hydroxylation sites is 1. The van der Waals surface area contributed by atoms with Crippen LogP contribution in [0.4, 0.5) is 14.9 Å². The van der Waals surface area contributed by atoms with E-state index in [-0.39, 0.29) is 5.69 Å². The number of anilines is 1. The SMILES string of the molecule is O=C(NCc1ccccc1)Nc1ccccc1F. The fraction of sp³-hybridized carbons (Fsp3) is 0.0714. The number of carbonyl (C=O) groups is 1. The molecule has 4 heteroatoms. The van der Waals surface area contributed by atoms with E-state index in [1.54, 1.807) is 12.1 Å². The molecule has 0 spiro atoms. The first-order valence-electron chi connectivity index (χ1n) is 5.59. The number of hydrogen-bond acceptors (Lipinski definition) is 1. The number of amides is 2. The predicted molar refractivity (Wildman–Crippen MR) is 68.7 cm³/mol. The van der Waals surface area contributed by atoms with Crippen LogP contribution in [-0.2, 0) is 6.54 Å². The molecule has 0 heterocycles. The summed E-state index contributed by atoms with van der Waals surface area (Å²) in [7, 11) is 0. The molecule has 0 aliphatic heterocycles. The average molecular weight is 244 g/mol. The summed E-state index contributed by atoms with van der Waals surface area (Å²) in [6, 6.07) is 15.1. The first-order valence-corrected chi connectivity index (χ1v) is 5.59. The summed E-state index contributed by atoms with van der Waals surface area (Å²) >= 11 is 0. The van der Waals surface area contributed by atoms with Gasteiger partial charge in [0.2, 0.25) is 0 Å². The first-order chi connectivity index (χ1) is 8.75. The van der Waals surface area contributed by atoms with Gasteiger partial charge in [0.1, 0.15) is 5.82 Å². The molecule has 2 rings (SSSR count). The van der Waals surface area contributed by atoms with Crippen LogP contribution >= 0.6 is 0 Å². The minimum atomic E-state index is -0.452. The van der Waals surface area contributed by atoms with Crippen LogP contribution in [0, 0.1) is 5.82 Å². The molecule has 3 nitrogen and oxygen atoms in total. The summed E-state index contributed by atoms with van der Waals surface area (Å²) in [6.45, 7) is 0.404. The summed E-state index contributed by atoms with van der Waals surface area (Å²) in [5.41, 5.74) is 1.16. The molecule has 0 unspecified atom stereocenters. The third-order valence-corrected chi connectivity index (χ3v) is 2.42. The minimum absolute atomic E-state index is 0.170. The zero-order valence-corrected chi connectivity index (χ0v) is 9.69. The number of urea groups is 1. The van der Waals surface area contributed by atoms with Gasteiger partial charge in [0.15, 0.2) is 0 Å². The Kier molecular flexibility index (Phi) is 3.91. The summed E-state index contributed by atoms with van der Waals surface area (Å²) in [4.78, 5) is 11.5. The van der Waals surface area contributed by atoms with Crippen LogP contribution in [-0.4, -0.2) is 6.03 Å². The molecule has 0 fully saturated rings. The van der Waals surface area contributed by atoms with E-state index in [4.69, 9.17) is 0 Å². The fourth-order valence-electron chi connectivity index (χ4n) is 1.51. The van der Waals surface area contributed by atoms with Crippen LogP contribution in [0.2, 0.25) is 0 Å². The molecule has 0 atom stereocenters. The third kappa shape index (κ3) is 3.31. The van der Waals surface area contributed by atoms with E-state index in [9.17, 15) is 9.18 Å². The first kappa shape index (κ1) is 12.1. The molecule has 0 aliphatic rings. The molecule has 0 saturated heterocycles.